The molecule has 0 spiro atoms. The normalized spacial score (nSPS) is 19.2. The quantitative estimate of drug-likeness (QED) is 0.560. The number of amides is 3. The molecule has 3 amide bonds. The van der Waals surface area contributed by atoms with E-state index < -0.39 is 12.0 Å². The van der Waals surface area contributed by atoms with Crippen molar-refractivity contribution in [1.82, 2.24) is 20.0 Å². The van der Waals surface area contributed by atoms with Crippen LogP contribution in [-0.4, -0.2) is 93.2 Å². The van der Waals surface area contributed by atoms with Gasteiger partial charge in [0.25, 0.3) is 0 Å². The van der Waals surface area contributed by atoms with Crippen LogP contribution < -0.4 is 14.8 Å². The van der Waals surface area contributed by atoms with Crippen molar-refractivity contribution in [3.8, 4) is 11.5 Å². The smallest absolute Gasteiger partial charge is 0.338 e. The number of nitrogens with one attached hydrogen (secondary N) is 1. The maximum Gasteiger partial charge on any atom is 0.338 e. The van der Waals surface area contributed by atoms with Crippen molar-refractivity contribution in [2.75, 3.05) is 60.6 Å². The molecule has 2 aliphatic heterocycles. The second kappa shape index (κ2) is 11.9. The molecule has 192 valence electrons. The first kappa shape index (κ1) is 26.3. The number of nitrogens with zero attached hydrogens (tertiary/aromatic N) is 3. The Morgan fingerprint density at radius 3 is 2.31 bits per heavy atom. The van der Waals surface area contributed by atoms with E-state index >= 15 is 0 Å². The minimum absolute atomic E-state index is 0.138. The van der Waals surface area contributed by atoms with E-state index in [1.807, 2.05) is 11.8 Å². The van der Waals surface area contributed by atoms with Crippen LogP contribution in [0, 0.1) is 0 Å². The van der Waals surface area contributed by atoms with Crippen molar-refractivity contribution in [1.29, 1.82) is 0 Å². The van der Waals surface area contributed by atoms with Crippen molar-refractivity contribution in [2.24, 2.45) is 0 Å². The lowest BCUT2D eigenvalue weighted by Gasteiger charge is -2.36. The molecule has 10 heteroatoms. The summed E-state index contributed by atoms with van der Waals surface area (Å²) in [4.78, 5) is 44.0. The molecule has 0 aliphatic carbocycles. The highest BCUT2D eigenvalue weighted by Gasteiger charge is 2.38. The zero-order chi connectivity index (χ0) is 25.5. The number of likely N-dealkylation sites (N-methyl/N-ethyl adjacent to an activating group) is 1. The Morgan fingerprint density at radius 2 is 1.71 bits per heavy atom. The maximum atomic E-state index is 13.3. The van der Waals surface area contributed by atoms with Crippen molar-refractivity contribution < 1.29 is 28.6 Å². The highest BCUT2D eigenvalue weighted by Crippen LogP contribution is 2.35. The van der Waals surface area contributed by atoms with E-state index in [1.165, 1.54) is 4.90 Å². The van der Waals surface area contributed by atoms with Gasteiger partial charge in [-0.05, 0) is 31.0 Å². The molecule has 1 fully saturated rings. The van der Waals surface area contributed by atoms with Gasteiger partial charge in [0, 0.05) is 58.0 Å². The maximum absolute atomic E-state index is 13.3. The molecule has 2 aliphatic rings. The number of hydrogen-bond donors (Lipinski definition) is 1. The Hall–Kier alpha value is -3.27. The number of rotatable bonds is 8. The molecular formula is C25H36N4O6. The van der Waals surface area contributed by atoms with Crippen molar-refractivity contribution in [2.45, 2.75) is 32.7 Å². The number of hydrogen-bond acceptors (Lipinski definition) is 7. The van der Waals surface area contributed by atoms with Gasteiger partial charge in [-0.1, -0.05) is 6.92 Å². The Labute approximate surface area is 206 Å². The summed E-state index contributed by atoms with van der Waals surface area (Å²) in [5, 5.41) is 2.93. The standard InChI is InChI=1S/C25H36N4O6/c1-6-21(30)29-10-8-9-28(11-12-29)16-20-22(24(31)35-7-2)23(26-25(32)27(20)3)17-13-18(33-4)15-19(14-17)34-5/h13-15,23H,6-12,16H2,1-5H3,(H,26,32). The third-order valence-corrected chi connectivity index (χ3v) is 6.40. The number of carbonyl (C=O) groups excluding carboxylic acids is 3. The van der Waals surface area contributed by atoms with Gasteiger partial charge >= 0.3 is 12.0 Å². The molecule has 35 heavy (non-hydrogen) atoms. The van der Waals surface area contributed by atoms with E-state index in [4.69, 9.17) is 14.2 Å². The van der Waals surface area contributed by atoms with Crippen LogP contribution in [0.2, 0.25) is 0 Å². The third-order valence-electron chi connectivity index (χ3n) is 6.40. The Balaban J connectivity index is 2.01. The molecule has 0 saturated carbocycles. The van der Waals surface area contributed by atoms with Crippen molar-refractivity contribution >= 4 is 17.9 Å². The lowest BCUT2D eigenvalue weighted by molar-refractivity contribution is -0.139. The second-order valence-corrected chi connectivity index (χ2v) is 8.53. The highest BCUT2D eigenvalue weighted by atomic mass is 16.5. The summed E-state index contributed by atoms with van der Waals surface area (Å²) in [5.41, 5.74) is 1.60. The average Bonchev–Trinajstić information content (AvgIpc) is 3.11. The fourth-order valence-corrected chi connectivity index (χ4v) is 4.46. The fourth-order valence-electron chi connectivity index (χ4n) is 4.46. The Kier molecular flexibility index (Phi) is 8.97. The second-order valence-electron chi connectivity index (χ2n) is 8.53. The molecule has 0 aromatic heterocycles. The number of benzene rings is 1. The predicted octanol–water partition coefficient (Wildman–Crippen LogP) is 2.16. The van der Waals surface area contributed by atoms with Gasteiger partial charge in [0.05, 0.1) is 32.4 Å². The topological polar surface area (TPSA) is 101 Å². The molecule has 0 bridgehead atoms. The molecular weight excluding hydrogens is 452 g/mol. The molecule has 1 aromatic carbocycles. The zero-order valence-corrected chi connectivity index (χ0v) is 21.3. The first-order valence-electron chi connectivity index (χ1n) is 12.0. The van der Waals surface area contributed by atoms with Crippen molar-refractivity contribution in [3.05, 3.63) is 35.0 Å². The number of urea groups is 1. The fraction of sp³-hybridized carbons (Fsp3) is 0.560. The van der Waals surface area contributed by atoms with E-state index in [0.717, 1.165) is 13.0 Å². The summed E-state index contributed by atoms with van der Waals surface area (Å²) < 4.78 is 16.2. The van der Waals surface area contributed by atoms with Crippen LogP contribution in [0.15, 0.2) is 29.5 Å². The summed E-state index contributed by atoms with van der Waals surface area (Å²) in [6, 6.07) is 4.22. The third kappa shape index (κ3) is 6.05. The molecule has 3 rings (SSSR count). The van der Waals surface area contributed by atoms with E-state index in [9.17, 15) is 14.4 Å². The first-order valence-corrected chi connectivity index (χ1v) is 12.0. The first-order chi connectivity index (χ1) is 16.8. The van der Waals surface area contributed by atoms with Crippen LogP contribution in [0.25, 0.3) is 0 Å². The van der Waals surface area contributed by atoms with Crippen LogP contribution >= 0.6 is 0 Å². The summed E-state index contributed by atoms with van der Waals surface area (Å²) in [7, 11) is 4.74. The molecule has 1 N–H and O–H groups in total. The molecule has 1 atom stereocenters. The molecule has 1 saturated heterocycles. The monoisotopic (exact) mass is 488 g/mol. The van der Waals surface area contributed by atoms with E-state index in [2.05, 4.69) is 10.2 Å². The van der Waals surface area contributed by atoms with E-state index in [0.29, 0.717) is 60.9 Å². The van der Waals surface area contributed by atoms with Gasteiger partial charge in [-0.3, -0.25) is 14.6 Å². The zero-order valence-electron chi connectivity index (χ0n) is 21.3. The predicted molar refractivity (Wildman–Crippen MR) is 130 cm³/mol. The largest absolute Gasteiger partial charge is 0.497 e. The number of carbonyl (C=O) groups is 3. The van der Waals surface area contributed by atoms with Gasteiger partial charge in [-0.25, -0.2) is 9.59 Å². The number of esters is 1. The van der Waals surface area contributed by atoms with Crippen LogP contribution in [0.4, 0.5) is 4.79 Å². The van der Waals surface area contributed by atoms with Crippen LogP contribution in [0.3, 0.4) is 0 Å². The molecule has 1 aromatic rings. The Bertz CT molecular complexity index is 956. The lowest BCUT2D eigenvalue weighted by Crippen LogP contribution is -2.49. The van der Waals surface area contributed by atoms with Gasteiger partial charge in [-0.15, -0.1) is 0 Å². The van der Waals surface area contributed by atoms with Crippen LogP contribution in [-0.2, 0) is 14.3 Å². The van der Waals surface area contributed by atoms with Crippen LogP contribution in [0.1, 0.15) is 38.3 Å². The lowest BCUT2D eigenvalue weighted by atomic mass is 9.94. The summed E-state index contributed by atoms with van der Waals surface area (Å²) in [6.07, 6.45) is 1.30. The van der Waals surface area contributed by atoms with Gasteiger partial charge in [0.15, 0.2) is 0 Å². The number of ether oxygens (including phenoxy) is 3. The van der Waals surface area contributed by atoms with E-state index in [-0.39, 0.29) is 18.5 Å². The molecule has 2 heterocycles. The average molecular weight is 489 g/mol. The van der Waals surface area contributed by atoms with Gasteiger partial charge in [0.2, 0.25) is 5.91 Å². The number of methoxy groups -OCH3 is 2. The van der Waals surface area contributed by atoms with Crippen molar-refractivity contribution in [3.63, 3.8) is 0 Å². The molecule has 1 unspecified atom stereocenters. The van der Waals surface area contributed by atoms with E-state index in [1.54, 1.807) is 46.4 Å². The minimum Gasteiger partial charge on any atom is -0.497 e. The SMILES string of the molecule is CCOC(=O)C1=C(CN2CCCN(C(=O)CC)CC2)N(C)C(=O)NC1c1cc(OC)cc(OC)c1. The van der Waals surface area contributed by atoms with Gasteiger partial charge < -0.3 is 24.4 Å². The summed E-state index contributed by atoms with van der Waals surface area (Å²) in [5.74, 6) is 0.745. The summed E-state index contributed by atoms with van der Waals surface area (Å²) in [6.45, 7) is 6.92. The minimum atomic E-state index is -0.734. The summed E-state index contributed by atoms with van der Waals surface area (Å²) >= 11 is 0. The molecule has 0 radical (unpaired) electrons. The van der Waals surface area contributed by atoms with Crippen LogP contribution in [0.5, 0.6) is 11.5 Å². The highest BCUT2D eigenvalue weighted by molar-refractivity contribution is 5.95. The van der Waals surface area contributed by atoms with Gasteiger partial charge in [-0.2, -0.15) is 0 Å². The Morgan fingerprint density at radius 1 is 1.03 bits per heavy atom. The van der Waals surface area contributed by atoms with Gasteiger partial charge in [0.1, 0.15) is 11.5 Å². The molecule has 10 nitrogen and oxygen atoms in total.